The van der Waals surface area contributed by atoms with Gasteiger partial charge in [0.2, 0.25) is 0 Å². The van der Waals surface area contributed by atoms with Gasteiger partial charge in [0.05, 0.1) is 7.11 Å². The summed E-state index contributed by atoms with van der Waals surface area (Å²) in [6.07, 6.45) is -3.25. The summed E-state index contributed by atoms with van der Waals surface area (Å²) in [5.41, 5.74) is 0. The van der Waals surface area contributed by atoms with Gasteiger partial charge in [0.15, 0.2) is 0 Å². The summed E-state index contributed by atoms with van der Waals surface area (Å²) in [7, 11) is 1.11. The predicted molar refractivity (Wildman–Crippen MR) is 25.3 cm³/mol. The molecule has 52 valence electrons. The average Bonchev–Trinajstić information content (AvgIpc) is 2.40. The second-order valence-electron chi connectivity index (χ2n) is 1.94. The molecular weight excluding hydrogens is 130 g/mol. The van der Waals surface area contributed by atoms with Crippen LogP contribution < -0.4 is 0 Å². The van der Waals surface area contributed by atoms with Gasteiger partial charge >= 0.3 is 5.97 Å². The Morgan fingerprint density at radius 3 is 2.00 bits per heavy atom. The molecule has 0 aliphatic heterocycles. The Morgan fingerprint density at radius 1 is 1.44 bits per heavy atom. The normalized spacial score (nSPS) is 40.1. The molecule has 0 radical (unpaired) electrons. The molecule has 1 aliphatic carbocycles. The number of methoxy groups -OCH3 is 1. The molecule has 2 nitrogen and oxygen atoms in total. The summed E-state index contributed by atoms with van der Waals surface area (Å²) in [6.45, 7) is 0. The van der Waals surface area contributed by atoms with Crippen molar-refractivity contribution < 1.29 is 18.3 Å². The van der Waals surface area contributed by atoms with Crippen molar-refractivity contribution in [3.63, 3.8) is 0 Å². The van der Waals surface area contributed by atoms with E-state index in [9.17, 15) is 13.6 Å². The zero-order chi connectivity index (χ0) is 7.02. The fourth-order valence-corrected chi connectivity index (χ4v) is 0.636. The maximum Gasteiger partial charge on any atom is 0.314 e. The van der Waals surface area contributed by atoms with Crippen LogP contribution in [0.1, 0.15) is 0 Å². The number of hydrogen-bond acceptors (Lipinski definition) is 2. The van der Waals surface area contributed by atoms with Gasteiger partial charge in [-0.3, -0.25) is 4.79 Å². The minimum Gasteiger partial charge on any atom is -0.469 e. The molecule has 0 saturated heterocycles. The summed E-state index contributed by atoms with van der Waals surface area (Å²) in [5, 5.41) is 0. The van der Waals surface area contributed by atoms with Gasteiger partial charge in [0.1, 0.15) is 18.3 Å². The third-order valence-corrected chi connectivity index (χ3v) is 1.32. The fraction of sp³-hybridized carbons (Fsp3) is 0.800. The van der Waals surface area contributed by atoms with Gasteiger partial charge < -0.3 is 4.74 Å². The van der Waals surface area contributed by atoms with Gasteiger partial charge in [-0.1, -0.05) is 0 Å². The maximum atomic E-state index is 11.9. The third-order valence-electron chi connectivity index (χ3n) is 1.32. The van der Waals surface area contributed by atoms with Crippen LogP contribution in [0.2, 0.25) is 0 Å². The van der Waals surface area contributed by atoms with E-state index in [2.05, 4.69) is 4.74 Å². The van der Waals surface area contributed by atoms with E-state index in [4.69, 9.17) is 0 Å². The highest BCUT2D eigenvalue weighted by Gasteiger charge is 2.58. The smallest absolute Gasteiger partial charge is 0.314 e. The van der Waals surface area contributed by atoms with Crippen molar-refractivity contribution in [1.29, 1.82) is 0 Å². The van der Waals surface area contributed by atoms with Crippen LogP contribution in [0.5, 0.6) is 0 Å². The number of alkyl halides is 2. The van der Waals surface area contributed by atoms with Gasteiger partial charge in [0, 0.05) is 0 Å². The van der Waals surface area contributed by atoms with Crippen LogP contribution in [-0.2, 0) is 9.53 Å². The van der Waals surface area contributed by atoms with E-state index >= 15 is 0 Å². The topological polar surface area (TPSA) is 26.3 Å². The van der Waals surface area contributed by atoms with Gasteiger partial charge in [-0.05, 0) is 0 Å². The molecule has 0 spiro atoms. The maximum absolute atomic E-state index is 11.9. The first kappa shape index (κ1) is 6.45. The number of hydrogen-bond donors (Lipinski definition) is 0. The first-order valence-corrected chi connectivity index (χ1v) is 2.54. The van der Waals surface area contributed by atoms with Crippen LogP contribution in [0.15, 0.2) is 0 Å². The average molecular weight is 136 g/mol. The molecule has 0 amide bonds. The summed E-state index contributed by atoms with van der Waals surface area (Å²) in [4.78, 5) is 10.3. The molecule has 2 atom stereocenters. The minimum absolute atomic E-state index is 0.796. The van der Waals surface area contributed by atoms with Crippen LogP contribution in [0, 0.1) is 5.92 Å². The number of carbonyl (C=O) groups is 1. The Morgan fingerprint density at radius 2 is 1.89 bits per heavy atom. The fourth-order valence-electron chi connectivity index (χ4n) is 0.636. The second-order valence-corrected chi connectivity index (χ2v) is 1.94. The van der Waals surface area contributed by atoms with E-state index in [1.54, 1.807) is 0 Å². The molecule has 4 heteroatoms. The number of rotatable bonds is 1. The number of carbonyl (C=O) groups excluding carboxylic acids is 1. The lowest BCUT2D eigenvalue weighted by Crippen LogP contribution is -2.05. The zero-order valence-corrected chi connectivity index (χ0v) is 4.80. The lowest BCUT2D eigenvalue weighted by molar-refractivity contribution is -0.142. The largest absolute Gasteiger partial charge is 0.469 e. The predicted octanol–water partition coefficient (Wildman–Crippen LogP) is 0.465. The van der Waals surface area contributed by atoms with Crippen molar-refractivity contribution >= 4 is 5.97 Å². The Balaban J connectivity index is 2.40. The lowest BCUT2D eigenvalue weighted by Gasteiger charge is -1.90. The van der Waals surface area contributed by atoms with Gasteiger partial charge in [0.25, 0.3) is 0 Å². The molecule has 0 bridgehead atoms. The molecule has 9 heavy (non-hydrogen) atoms. The Bertz CT molecular complexity index is 129. The molecule has 2 unspecified atom stereocenters. The van der Waals surface area contributed by atoms with Gasteiger partial charge in [-0.15, -0.1) is 0 Å². The van der Waals surface area contributed by atoms with Crippen molar-refractivity contribution in [2.24, 2.45) is 5.92 Å². The molecule has 1 rings (SSSR count). The van der Waals surface area contributed by atoms with Gasteiger partial charge in [-0.25, -0.2) is 8.78 Å². The third kappa shape index (κ3) is 0.886. The molecule has 1 saturated carbocycles. The molecule has 0 N–H and O–H groups in total. The molecule has 0 aromatic carbocycles. The van der Waals surface area contributed by atoms with Crippen molar-refractivity contribution in [2.45, 2.75) is 12.3 Å². The first-order chi connectivity index (χ1) is 4.18. The van der Waals surface area contributed by atoms with Crippen LogP contribution in [0.4, 0.5) is 8.78 Å². The minimum atomic E-state index is -1.63. The van der Waals surface area contributed by atoms with E-state index in [-0.39, 0.29) is 0 Å². The van der Waals surface area contributed by atoms with Crippen molar-refractivity contribution in [3.8, 4) is 0 Å². The van der Waals surface area contributed by atoms with Crippen molar-refractivity contribution in [3.05, 3.63) is 0 Å². The summed E-state index contributed by atoms with van der Waals surface area (Å²) >= 11 is 0. The number of halogens is 2. The quantitative estimate of drug-likeness (QED) is 0.489. The highest BCUT2D eigenvalue weighted by molar-refractivity contribution is 5.77. The number of esters is 1. The van der Waals surface area contributed by atoms with Crippen molar-refractivity contribution in [1.82, 2.24) is 0 Å². The lowest BCUT2D eigenvalue weighted by atomic mass is 10.4. The van der Waals surface area contributed by atoms with E-state index < -0.39 is 24.2 Å². The standard InChI is InChI=1S/C5H6F2O2/c1-9-5(8)2-3(6)4(2)7/h2-4H,1H3. The zero-order valence-electron chi connectivity index (χ0n) is 4.80. The van der Waals surface area contributed by atoms with E-state index in [0.29, 0.717) is 0 Å². The van der Waals surface area contributed by atoms with E-state index in [1.807, 2.05) is 0 Å². The van der Waals surface area contributed by atoms with E-state index in [0.717, 1.165) is 7.11 Å². The van der Waals surface area contributed by atoms with Crippen LogP contribution in [0.25, 0.3) is 0 Å². The molecule has 1 aliphatic rings. The van der Waals surface area contributed by atoms with Gasteiger partial charge in [-0.2, -0.15) is 0 Å². The Hall–Kier alpha value is -0.670. The summed E-state index contributed by atoms with van der Waals surface area (Å²) in [5.74, 6) is -1.94. The van der Waals surface area contributed by atoms with Crippen molar-refractivity contribution in [2.75, 3.05) is 7.11 Å². The number of ether oxygens (including phenoxy) is 1. The Labute approximate surface area is 50.8 Å². The first-order valence-electron chi connectivity index (χ1n) is 2.54. The van der Waals surface area contributed by atoms with Crippen LogP contribution >= 0.6 is 0 Å². The second kappa shape index (κ2) is 1.93. The molecule has 1 fully saturated rings. The van der Waals surface area contributed by atoms with E-state index in [1.165, 1.54) is 0 Å². The molecular formula is C5H6F2O2. The summed E-state index contributed by atoms with van der Waals surface area (Å²) in [6, 6.07) is 0. The SMILES string of the molecule is COC(=O)C1C(F)C1F. The molecule has 0 aromatic rings. The summed E-state index contributed by atoms with van der Waals surface area (Å²) < 4.78 is 28.0. The highest BCUT2D eigenvalue weighted by Crippen LogP contribution is 2.38. The Kier molecular flexibility index (Phi) is 1.38. The highest BCUT2D eigenvalue weighted by atomic mass is 19.2. The molecule has 0 heterocycles. The molecule has 0 aromatic heterocycles. The van der Waals surface area contributed by atoms with Crippen LogP contribution in [0.3, 0.4) is 0 Å². The monoisotopic (exact) mass is 136 g/mol. The van der Waals surface area contributed by atoms with Crippen LogP contribution in [-0.4, -0.2) is 25.4 Å².